The van der Waals surface area contributed by atoms with Crippen molar-refractivity contribution in [3.05, 3.63) is 58.9 Å². The van der Waals surface area contributed by atoms with Crippen molar-refractivity contribution in [1.82, 2.24) is 9.97 Å². The summed E-state index contributed by atoms with van der Waals surface area (Å²) in [6.07, 6.45) is 1.02. The van der Waals surface area contributed by atoms with Crippen molar-refractivity contribution in [2.45, 2.75) is 25.7 Å². The van der Waals surface area contributed by atoms with Crippen LogP contribution in [0.4, 0.5) is 11.6 Å². The van der Waals surface area contributed by atoms with Crippen LogP contribution in [-0.2, 0) is 6.42 Å². The van der Waals surface area contributed by atoms with Crippen LogP contribution in [0.25, 0.3) is 0 Å². The highest BCUT2D eigenvalue weighted by Crippen LogP contribution is 2.43. The maximum absolute atomic E-state index is 13.3. The van der Waals surface area contributed by atoms with E-state index in [-0.39, 0.29) is 11.7 Å². The second kappa shape index (κ2) is 10.8. The Balaban J connectivity index is 1.39. The van der Waals surface area contributed by atoms with Crippen molar-refractivity contribution in [2.75, 3.05) is 64.4 Å². The van der Waals surface area contributed by atoms with Gasteiger partial charge in [-0.2, -0.15) is 0 Å². The fourth-order valence-corrected chi connectivity index (χ4v) is 5.51. The summed E-state index contributed by atoms with van der Waals surface area (Å²) >= 11 is 0. The van der Waals surface area contributed by atoms with Crippen molar-refractivity contribution in [1.29, 1.82) is 0 Å². The molecule has 0 saturated carbocycles. The summed E-state index contributed by atoms with van der Waals surface area (Å²) in [5.74, 6) is 3.26. The minimum atomic E-state index is -0.0479. The van der Waals surface area contributed by atoms with E-state index in [1.54, 1.807) is 28.4 Å². The quantitative estimate of drug-likeness (QED) is 0.460. The number of ether oxygens (including phenoxy) is 4. The summed E-state index contributed by atoms with van der Waals surface area (Å²) in [7, 11) is 6.47. The summed E-state index contributed by atoms with van der Waals surface area (Å²) in [6, 6.07) is 11.9. The maximum atomic E-state index is 13.3. The number of piperazine rings is 1. The Kier molecular flexibility index (Phi) is 7.26. The van der Waals surface area contributed by atoms with E-state index in [4.69, 9.17) is 28.9 Å². The summed E-state index contributed by atoms with van der Waals surface area (Å²) in [5.41, 5.74) is 4.25. The molecule has 0 unspecified atom stereocenters. The van der Waals surface area contributed by atoms with E-state index < -0.39 is 0 Å². The zero-order valence-corrected chi connectivity index (χ0v) is 22.6. The van der Waals surface area contributed by atoms with E-state index in [9.17, 15) is 4.79 Å². The Bertz CT molecular complexity index is 1310. The van der Waals surface area contributed by atoms with Gasteiger partial charge in [0.1, 0.15) is 5.75 Å². The number of nitrogens with zero attached hydrogens (tertiary/aromatic N) is 4. The molecule has 2 aromatic carbocycles. The molecule has 0 bridgehead atoms. The second-order valence-corrected chi connectivity index (χ2v) is 9.56. The number of aromatic nitrogens is 2. The number of benzene rings is 2. The molecule has 0 N–H and O–H groups in total. The predicted octanol–water partition coefficient (Wildman–Crippen LogP) is 4.06. The number of ketones is 1. The van der Waals surface area contributed by atoms with Gasteiger partial charge in [0, 0.05) is 32.6 Å². The van der Waals surface area contributed by atoms with Crippen molar-refractivity contribution in [3.8, 4) is 23.0 Å². The number of Topliss-reactive ketones (excluding diaryl/α,β-unsaturated/α-hetero) is 1. The molecule has 0 spiro atoms. The van der Waals surface area contributed by atoms with Crippen LogP contribution in [0, 0.1) is 6.92 Å². The normalized spacial score (nSPS) is 17.2. The highest BCUT2D eigenvalue weighted by molar-refractivity contribution is 5.99. The summed E-state index contributed by atoms with van der Waals surface area (Å²) < 4.78 is 22.1. The Morgan fingerprint density at radius 3 is 2.05 bits per heavy atom. The van der Waals surface area contributed by atoms with Gasteiger partial charge in [0.05, 0.1) is 51.1 Å². The van der Waals surface area contributed by atoms with Crippen LogP contribution in [-0.4, -0.2) is 70.4 Å². The highest BCUT2D eigenvalue weighted by Gasteiger charge is 2.32. The fraction of sp³-hybridized carbons (Fsp3) is 0.414. The van der Waals surface area contributed by atoms with E-state index in [1.807, 2.05) is 37.3 Å². The number of fused-ring (bicyclic) bond motifs is 1. The number of methoxy groups -OCH3 is 4. The first-order chi connectivity index (χ1) is 18.5. The molecular formula is C29H34N4O5. The Morgan fingerprint density at radius 1 is 0.789 bits per heavy atom. The molecule has 1 aliphatic heterocycles. The smallest absolute Gasteiger partial charge is 0.225 e. The van der Waals surface area contributed by atoms with E-state index in [2.05, 4.69) is 15.9 Å². The molecule has 1 atom stereocenters. The van der Waals surface area contributed by atoms with Gasteiger partial charge in [-0.1, -0.05) is 12.1 Å². The first-order valence-corrected chi connectivity index (χ1v) is 12.8. The molecule has 0 radical (unpaired) electrons. The molecule has 38 heavy (non-hydrogen) atoms. The molecule has 5 rings (SSSR count). The molecule has 2 aliphatic rings. The number of rotatable bonds is 7. The highest BCUT2D eigenvalue weighted by atomic mass is 16.5. The summed E-state index contributed by atoms with van der Waals surface area (Å²) in [6.45, 7) is 5.12. The van der Waals surface area contributed by atoms with Gasteiger partial charge in [0.25, 0.3) is 0 Å². The van der Waals surface area contributed by atoms with Crippen LogP contribution in [0.3, 0.4) is 0 Å². The van der Waals surface area contributed by atoms with Crippen LogP contribution >= 0.6 is 0 Å². The lowest BCUT2D eigenvalue weighted by atomic mass is 9.81. The summed E-state index contributed by atoms with van der Waals surface area (Å²) in [5, 5.41) is 0. The van der Waals surface area contributed by atoms with Crippen molar-refractivity contribution in [3.63, 3.8) is 0 Å². The van der Waals surface area contributed by atoms with Crippen LogP contribution < -0.4 is 28.7 Å². The lowest BCUT2D eigenvalue weighted by Crippen LogP contribution is -2.47. The topological polar surface area (TPSA) is 86.2 Å². The van der Waals surface area contributed by atoms with Gasteiger partial charge >= 0.3 is 0 Å². The number of hydrogen-bond donors (Lipinski definition) is 0. The van der Waals surface area contributed by atoms with Gasteiger partial charge in [-0.3, -0.25) is 4.79 Å². The SMILES string of the molecule is COc1ccccc1N1CCN(c2nc(C)c3c(n2)C[C@@H](c2cc(OC)c(OC)c(OC)c2)CC3=O)CC1. The third-order valence-electron chi connectivity index (χ3n) is 7.45. The van der Waals surface area contributed by atoms with Gasteiger partial charge in [-0.25, -0.2) is 9.97 Å². The first-order valence-electron chi connectivity index (χ1n) is 12.8. The van der Waals surface area contributed by atoms with Gasteiger partial charge in [0.2, 0.25) is 11.7 Å². The van der Waals surface area contributed by atoms with Crippen LogP contribution in [0.1, 0.15) is 39.6 Å². The first kappa shape index (κ1) is 25.6. The van der Waals surface area contributed by atoms with Gasteiger partial charge in [-0.15, -0.1) is 0 Å². The van der Waals surface area contributed by atoms with Gasteiger partial charge in [-0.05, 0) is 49.1 Å². The molecule has 3 aromatic rings. The van der Waals surface area contributed by atoms with E-state index in [0.717, 1.165) is 54.6 Å². The number of anilines is 2. The standard InChI is InChI=1S/C29H34N4O5/c1-18-27-21(14-19(15-23(27)34)20-16-25(36-3)28(38-5)26(17-20)37-4)31-29(30-18)33-12-10-32(11-13-33)22-8-6-7-9-24(22)35-2/h6-9,16-17,19H,10-15H2,1-5H3/t19-/m1/s1. The molecular weight excluding hydrogens is 484 g/mol. The third kappa shape index (κ3) is 4.68. The molecule has 1 saturated heterocycles. The minimum Gasteiger partial charge on any atom is -0.495 e. The molecule has 9 heteroatoms. The number of hydrogen-bond acceptors (Lipinski definition) is 9. The van der Waals surface area contributed by atoms with Gasteiger partial charge in [0.15, 0.2) is 17.3 Å². The average Bonchev–Trinajstić information content (AvgIpc) is 2.95. The van der Waals surface area contributed by atoms with E-state index in [1.165, 1.54) is 0 Å². The van der Waals surface area contributed by atoms with Crippen LogP contribution in [0.5, 0.6) is 23.0 Å². The van der Waals surface area contributed by atoms with Crippen LogP contribution in [0.15, 0.2) is 36.4 Å². The average molecular weight is 519 g/mol. The predicted molar refractivity (Wildman–Crippen MR) is 146 cm³/mol. The summed E-state index contributed by atoms with van der Waals surface area (Å²) in [4.78, 5) is 27.5. The van der Waals surface area contributed by atoms with E-state index >= 15 is 0 Å². The Labute approximate surface area is 223 Å². The molecule has 2 heterocycles. The van der Waals surface area contributed by atoms with Crippen LogP contribution in [0.2, 0.25) is 0 Å². The lowest BCUT2D eigenvalue weighted by Gasteiger charge is -2.37. The number of carbonyl (C=O) groups excluding carboxylic acids is 1. The van der Waals surface area contributed by atoms with Gasteiger partial charge < -0.3 is 28.7 Å². The largest absolute Gasteiger partial charge is 0.495 e. The van der Waals surface area contributed by atoms with Crippen molar-refractivity contribution < 1.29 is 23.7 Å². The lowest BCUT2D eigenvalue weighted by molar-refractivity contribution is 0.0961. The molecule has 0 amide bonds. The van der Waals surface area contributed by atoms with Crippen molar-refractivity contribution in [2.24, 2.45) is 0 Å². The second-order valence-electron chi connectivity index (χ2n) is 9.56. The zero-order valence-electron chi connectivity index (χ0n) is 22.6. The minimum absolute atomic E-state index is 0.0479. The third-order valence-corrected chi connectivity index (χ3v) is 7.45. The molecule has 9 nitrogen and oxygen atoms in total. The number of para-hydroxylation sites is 2. The van der Waals surface area contributed by atoms with E-state index in [0.29, 0.717) is 41.6 Å². The number of carbonyl (C=O) groups is 1. The van der Waals surface area contributed by atoms with Crippen molar-refractivity contribution >= 4 is 17.4 Å². The molecule has 1 fully saturated rings. The molecule has 200 valence electrons. The maximum Gasteiger partial charge on any atom is 0.225 e. The molecule has 1 aliphatic carbocycles. The number of aryl methyl sites for hydroxylation is 1. The monoisotopic (exact) mass is 518 g/mol. The Hall–Kier alpha value is -4.01. The molecule has 1 aromatic heterocycles. The zero-order chi connectivity index (χ0) is 26.8. The Morgan fingerprint density at radius 2 is 1.42 bits per heavy atom. The fourth-order valence-electron chi connectivity index (χ4n) is 5.51.